The van der Waals surface area contributed by atoms with Crippen molar-refractivity contribution in [2.75, 3.05) is 26.7 Å². The van der Waals surface area contributed by atoms with Crippen LogP contribution in [0.2, 0.25) is 0 Å². The number of imidazole rings is 1. The summed E-state index contributed by atoms with van der Waals surface area (Å²) in [7, 11) is 1.99. The number of nitrogens with zero attached hydrogens (tertiary/aromatic N) is 3. The first kappa shape index (κ1) is 21.9. The van der Waals surface area contributed by atoms with Gasteiger partial charge in [-0.3, -0.25) is 9.79 Å². The fourth-order valence-electron chi connectivity index (χ4n) is 3.83. The van der Waals surface area contributed by atoms with Crippen LogP contribution in [-0.2, 0) is 11.3 Å². The van der Waals surface area contributed by atoms with Crippen LogP contribution in [0.25, 0.3) is 11.3 Å². The van der Waals surface area contributed by atoms with Gasteiger partial charge in [0.1, 0.15) is 5.82 Å². The minimum absolute atomic E-state index is 0.187. The lowest BCUT2D eigenvalue weighted by atomic mass is 9.89. The maximum Gasteiger partial charge on any atom is 0.223 e. The van der Waals surface area contributed by atoms with E-state index in [9.17, 15) is 4.79 Å². The number of hydrogen-bond donors (Lipinski definition) is 3. The molecule has 162 valence electrons. The summed E-state index contributed by atoms with van der Waals surface area (Å²) in [4.78, 5) is 26.9. The van der Waals surface area contributed by atoms with E-state index in [1.54, 1.807) is 0 Å². The highest BCUT2D eigenvalue weighted by Crippen LogP contribution is 2.23. The lowest BCUT2D eigenvalue weighted by Gasteiger charge is -2.22. The summed E-state index contributed by atoms with van der Waals surface area (Å²) in [5, 5.41) is 6.36. The number of amides is 1. The number of hydrogen-bond acceptors (Lipinski definition) is 3. The highest BCUT2D eigenvalue weighted by Gasteiger charge is 2.20. The molecule has 0 saturated heterocycles. The molecule has 1 heterocycles. The van der Waals surface area contributed by atoms with Crippen LogP contribution in [-0.4, -0.2) is 53.4 Å². The number of carbonyl (C=O) groups is 1. The Morgan fingerprint density at radius 2 is 1.97 bits per heavy atom. The average molecular weight is 411 g/mol. The number of aliphatic imine (C=N–C) groups is 1. The zero-order valence-electron chi connectivity index (χ0n) is 18.2. The normalized spacial score (nSPS) is 15.1. The Hall–Kier alpha value is -2.83. The number of nitrogens with one attached hydrogen (secondary N) is 3. The molecule has 3 N–H and O–H groups in total. The summed E-state index contributed by atoms with van der Waals surface area (Å²) in [6.45, 7) is 4.57. The zero-order chi connectivity index (χ0) is 21.2. The fraction of sp³-hybridized carbons (Fsp3) is 0.522. The largest absolute Gasteiger partial charge is 0.357 e. The summed E-state index contributed by atoms with van der Waals surface area (Å²) >= 11 is 0. The van der Waals surface area contributed by atoms with Crippen molar-refractivity contribution >= 4 is 11.9 Å². The number of guanidine groups is 1. The molecule has 1 saturated carbocycles. The van der Waals surface area contributed by atoms with Gasteiger partial charge in [0.15, 0.2) is 5.96 Å². The lowest BCUT2D eigenvalue weighted by Crippen LogP contribution is -2.39. The maximum absolute atomic E-state index is 12.3. The van der Waals surface area contributed by atoms with E-state index < -0.39 is 0 Å². The summed E-state index contributed by atoms with van der Waals surface area (Å²) < 4.78 is 0. The van der Waals surface area contributed by atoms with Crippen molar-refractivity contribution in [2.24, 2.45) is 10.9 Å². The molecule has 0 bridgehead atoms. The van der Waals surface area contributed by atoms with Gasteiger partial charge in [-0.25, -0.2) is 4.98 Å². The topological polar surface area (TPSA) is 85.4 Å². The molecule has 0 aliphatic heterocycles. The first-order chi connectivity index (χ1) is 14.7. The van der Waals surface area contributed by atoms with Crippen LogP contribution in [0.5, 0.6) is 0 Å². The third-order valence-electron chi connectivity index (χ3n) is 5.45. The zero-order valence-corrected chi connectivity index (χ0v) is 18.2. The predicted molar refractivity (Wildman–Crippen MR) is 121 cm³/mol. The van der Waals surface area contributed by atoms with Crippen LogP contribution in [0.4, 0.5) is 0 Å². The molecular weight excluding hydrogens is 376 g/mol. The van der Waals surface area contributed by atoms with E-state index in [4.69, 9.17) is 0 Å². The van der Waals surface area contributed by atoms with Gasteiger partial charge in [0.05, 0.1) is 25.0 Å². The first-order valence-electron chi connectivity index (χ1n) is 11.0. The summed E-state index contributed by atoms with van der Waals surface area (Å²) in [6, 6.07) is 10.2. The van der Waals surface area contributed by atoms with Crippen LogP contribution >= 0.6 is 0 Å². The van der Waals surface area contributed by atoms with Crippen molar-refractivity contribution in [3.8, 4) is 11.3 Å². The molecule has 7 heteroatoms. The SMILES string of the molecule is CCNC(=NCCNC(=O)C1CCCCC1)N(C)Cc1ncc(-c2ccccc2)[nH]1. The summed E-state index contributed by atoms with van der Waals surface area (Å²) in [5.74, 6) is 2.07. The molecule has 30 heavy (non-hydrogen) atoms. The molecule has 3 rings (SSSR count). The fourth-order valence-corrected chi connectivity index (χ4v) is 3.83. The van der Waals surface area contributed by atoms with Crippen molar-refractivity contribution in [1.82, 2.24) is 25.5 Å². The summed E-state index contributed by atoms with van der Waals surface area (Å²) in [6.07, 6.45) is 7.51. The maximum atomic E-state index is 12.3. The number of aromatic amines is 1. The number of aromatic nitrogens is 2. The molecule has 2 aromatic rings. The monoisotopic (exact) mass is 410 g/mol. The number of benzene rings is 1. The number of carbonyl (C=O) groups excluding carboxylic acids is 1. The predicted octanol–water partition coefficient (Wildman–Crippen LogP) is 3.17. The highest BCUT2D eigenvalue weighted by molar-refractivity contribution is 5.80. The Labute approximate surface area is 179 Å². The van der Waals surface area contributed by atoms with Gasteiger partial charge in [-0.15, -0.1) is 0 Å². The van der Waals surface area contributed by atoms with E-state index in [1.165, 1.54) is 19.3 Å². The third-order valence-corrected chi connectivity index (χ3v) is 5.45. The van der Waals surface area contributed by atoms with E-state index in [0.29, 0.717) is 19.6 Å². The Balaban J connectivity index is 1.50. The van der Waals surface area contributed by atoms with E-state index in [0.717, 1.165) is 42.4 Å². The molecule has 1 aliphatic carbocycles. The Morgan fingerprint density at radius 1 is 1.20 bits per heavy atom. The molecule has 1 amide bonds. The Morgan fingerprint density at radius 3 is 2.70 bits per heavy atom. The highest BCUT2D eigenvalue weighted by atomic mass is 16.1. The van der Waals surface area contributed by atoms with E-state index >= 15 is 0 Å². The first-order valence-corrected chi connectivity index (χ1v) is 11.0. The second-order valence-electron chi connectivity index (χ2n) is 7.83. The van der Waals surface area contributed by atoms with E-state index in [-0.39, 0.29) is 11.8 Å². The van der Waals surface area contributed by atoms with Crippen LogP contribution < -0.4 is 10.6 Å². The average Bonchev–Trinajstić information content (AvgIpc) is 3.25. The Bertz CT molecular complexity index is 810. The minimum atomic E-state index is 0.187. The molecule has 0 spiro atoms. The van der Waals surface area contributed by atoms with Crippen LogP contribution in [0, 0.1) is 5.92 Å². The van der Waals surface area contributed by atoms with Crippen molar-refractivity contribution in [2.45, 2.75) is 45.6 Å². The molecule has 0 unspecified atom stereocenters. The summed E-state index contributed by atoms with van der Waals surface area (Å²) in [5.41, 5.74) is 2.12. The molecule has 1 fully saturated rings. The van der Waals surface area contributed by atoms with Crippen LogP contribution in [0.15, 0.2) is 41.5 Å². The molecular formula is C23H34N6O. The second-order valence-corrected chi connectivity index (χ2v) is 7.83. The molecule has 1 aromatic carbocycles. The van der Waals surface area contributed by atoms with Gasteiger partial charge in [-0.05, 0) is 25.3 Å². The molecule has 1 aliphatic rings. The molecule has 1 aromatic heterocycles. The number of rotatable bonds is 8. The van der Waals surface area contributed by atoms with Crippen molar-refractivity contribution in [3.05, 3.63) is 42.4 Å². The third kappa shape index (κ3) is 6.34. The Kier molecular flexibility index (Phi) is 8.30. The van der Waals surface area contributed by atoms with Gasteiger partial charge in [0, 0.05) is 26.1 Å². The quantitative estimate of drug-likeness (QED) is 0.354. The van der Waals surface area contributed by atoms with Crippen LogP contribution in [0.3, 0.4) is 0 Å². The van der Waals surface area contributed by atoms with Crippen molar-refractivity contribution in [1.29, 1.82) is 0 Å². The molecule has 7 nitrogen and oxygen atoms in total. The number of H-pyrrole nitrogens is 1. The van der Waals surface area contributed by atoms with Crippen LogP contribution in [0.1, 0.15) is 44.9 Å². The van der Waals surface area contributed by atoms with Gasteiger partial charge >= 0.3 is 0 Å². The van der Waals surface area contributed by atoms with Gasteiger partial charge in [-0.1, -0.05) is 49.6 Å². The molecule has 0 radical (unpaired) electrons. The van der Waals surface area contributed by atoms with Crippen molar-refractivity contribution in [3.63, 3.8) is 0 Å². The van der Waals surface area contributed by atoms with E-state index in [1.807, 2.05) is 36.3 Å². The smallest absolute Gasteiger partial charge is 0.223 e. The van der Waals surface area contributed by atoms with Gasteiger partial charge in [0.25, 0.3) is 0 Å². The second kappa shape index (κ2) is 11.4. The minimum Gasteiger partial charge on any atom is -0.357 e. The van der Waals surface area contributed by atoms with Gasteiger partial charge in [0.2, 0.25) is 5.91 Å². The van der Waals surface area contributed by atoms with Gasteiger partial charge < -0.3 is 20.5 Å². The molecule has 0 atom stereocenters. The van der Waals surface area contributed by atoms with Gasteiger partial charge in [-0.2, -0.15) is 0 Å². The van der Waals surface area contributed by atoms with Crippen molar-refractivity contribution < 1.29 is 4.79 Å². The lowest BCUT2D eigenvalue weighted by molar-refractivity contribution is -0.125. The van der Waals surface area contributed by atoms with E-state index in [2.05, 4.69) is 44.7 Å². The standard InChI is InChI=1S/C23H34N6O/c1-3-24-23(26-15-14-25-22(30)19-12-8-5-9-13-19)29(2)17-21-27-16-20(28-21)18-10-6-4-7-11-18/h4,6-7,10-11,16,19H,3,5,8-9,12-15,17H2,1-2H3,(H,24,26)(H,25,30)(H,27,28).